The fraction of sp³-hybridized carbons (Fsp3) is 0.0455. The van der Waals surface area contributed by atoms with E-state index >= 15 is 0 Å². The summed E-state index contributed by atoms with van der Waals surface area (Å²) in [5.41, 5.74) is 2.40. The molecule has 0 saturated carbocycles. The Kier molecular flexibility index (Phi) is 4.37. The van der Waals surface area contributed by atoms with Crippen molar-refractivity contribution in [2.24, 2.45) is 5.10 Å². The van der Waals surface area contributed by atoms with Crippen LogP contribution in [0.3, 0.4) is 0 Å². The molecule has 3 aromatic rings. The Morgan fingerprint density at radius 2 is 1.86 bits per heavy atom. The molecule has 6 heteroatoms. The molecule has 28 heavy (non-hydrogen) atoms. The summed E-state index contributed by atoms with van der Waals surface area (Å²) >= 11 is 0. The molecule has 0 saturated heterocycles. The van der Waals surface area contributed by atoms with Crippen molar-refractivity contribution in [1.29, 1.82) is 0 Å². The first kappa shape index (κ1) is 17.5. The van der Waals surface area contributed by atoms with Crippen molar-refractivity contribution in [3.05, 3.63) is 83.6 Å². The van der Waals surface area contributed by atoms with E-state index in [0.29, 0.717) is 34.1 Å². The smallest absolute Gasteiger partial charge is 0.280 e. The van der Waals surface area contributed by atoms with Gasteiger partial charge in [0.1, 0.15) is 11.5 Å². The minimum absolute atomic E-state index is 0.0706. The first-order valence-electron chi connectivity index (χ1n) is 8.61. The van der Waals surface area contributed by atoms with Crippen LogP contribution in [0.15, 0.2) is 81.8 Å². The van der Waals surface area contributed by atoms with Gasteiger partial charge < -0.3 is 14.3 Å². The molecule has 0 unspecified atom stereocenters. The van der Waals surface area contributed by atoms with Gasteiger partial charge in [0, 0.05) is 5.56 Å². The topological polar surface area (TPSA) is 85.9 Å². The Morgan fingerprint density at radius 3 is 2.61 bits per heavy atom. The summed E-state index contributed by atoms with van der Waals surface area (Å²) < 4.78 is 5.79. The molecule has 0 atom stereocenters. The number of carboxylic acids is 1. The highest BCUT2D eigenvalue weighted by Gasteiger charge is 2.28. The van der Waals surface area contributed by atoms with E-state index in [0.717, 1.165) is 0 Å². The molecule has 1 amide bonds. The van der Waals surface area contributed by atoms with Gasteiger partial charge in [0.25, 0.3) is 5.91 Å². The normalized spacial score (nSPS) is 15.2. The molecule has 0 fully saturated rings. The van der Waals surface area contributed by atoms with Crippen LogP contribution in [0.4, 0.5) is 5.69 Å². The minimum atomic E-state index is -1.25. The maximum Gasteiger partial charge on any atom is 0.280 e. The van der Waals surface area contributed by atoms with Crippen molar-refractivity contribution in [2.45, 2.75) is 6.92 Å². The summed E-state index contributed by atoms with van der Waals surface area (Å²) in [6.45, 7) is 1.76. The van der Waals surface area contributed by atoms with Gasteiger partial charge in [-0.05, 0) is 48.9 Å². The Bertz CT molecular complexity index is 1130. The highest BCUT2D eigenvalue weighted by molar-refractivity contribution is 6.32. The lowest BCUT2D eigenvalue weighted by atomic mass is 10.1. The summed E-state index contributed by atoms with van der Waals surface area (Å²) in [7, 11) is 0. The molecule has 0 radical (unpaired) electrons. The molecule has 4 rings (SSSR count). The van der Waals surface area contributed by atoms with Crippen molar-refractivity contribution >= 4 is 29.4 Å². The molecule has 138 valence electrons. The van der Waals surface area contributed by atoms with Crippen molar-refractivity contribution in [3.8, 4) is 11.3 Å². The van der Waals surface area contributed by atoms with Crippen LogP contribution in [0.1, 0.15) is 23.0 Å². The van der Waals surface area contributed by atoms with Crippen molar-refractivity contribution < 1.29 is 19.1 Å². The number of amides is 1. The largest absolute Gasteiger partial charge is 0.545 e. The monoisotopic (exact) mass is 371 g/mol. The number of carbonyl (C=O) groups excluding carboxylic acids is 2. The van der Waals surface area contributed by atoms with E-state index in [4.69, 9.17) is 4.42 Å². The molecular weight excluding hydrogens is 356 g/mol. The molecule has 2 heterocycles. The highest BCUT2D eigenvalue weighted by atomic mass is 16.4. The second kappa shape index (κ2) is 7.00. The van der Waals surface area contributed by atoms with Crippen LogP contribution in [0.2, 0.25) is 0 Å². The molecule has 0 bridgehead atoms. The number of nitrogens with zero attached hydrogens (tertiary/aromatic N) is 2. The van der Waals surface area contributed by atoms with Crippen LogP contribution >= 0.6 is 0 Å². The van der Waals surface area contributed by atoms with Crippen LogP contribution in [0, 0.1) is 0 Å². The first-order valence-corrected chi connectivity index (χ1v) is 8.61. The Balaban J connectivity index is 1.62. The van der Waals surface area contributed by atoms with Gasteiger partial charge in [0.05, 0.1) is 22.9 Å². The van der Waals surface area contributed by atoms with Gasteiger partial charge in [0.2, 0.25) is 0 Å². The summed E-state index contributed by atoms with van der Waals surface area (Å²) in [4.78, 5) is 23.8. The summed E-state index contributed by atoms with van der Waals surface area (Å²) in [6.07, 6.45) is 1.64. The molecule has 2 aromatic carbocycles. The predicted molar refractivity (Wildman–Crippen MR) is 103 cm³/mol. The molecule has 0 spiro atoms. The minimum Gasteiger partial charge on any atom is -0.545 e. The number of aromatic carboxylic acids is 1. The van der Waals surface area contributed by atoms with Crippen LogP contribution in [-0.4, -0.2) is 17.6 Å². The molecule has 1 aliphatic rings. The van der Waals surface area contributed by atoms with E-state index in [1.165, 1.54) is 17.1 Å². The fourth-order valence-electron chi connectivity index (χ4n) is 2.96. The number of para-hydroxylation sites is 1. The van der Waals surface area contributed by atoms with Gasteiger partial charge in [-0.3, -0.25) is 4.79 Å². The number of rotatable bonds is 4. The van der Waals surface area contributed by atoms with E-state index in [-0.39, 0.29) is 11.5 Å². The van der Waals surface area contributed by atoms with Crippen LogP contribution in [0.25, 0.3) is 17.4 Å². The molecule has 1 aliphatic heterocycles. The number of hydrazone groups is 1. The standard InChI is InChI=1S/C22H16N2O4/c1-14-19(21(25)24(23-14)17-8-3-2-4-9-17)13-18-10-11-20(28-18)15-6-5-7-16(12-15)22(26)27/h2-13H,1H3,(H,26,27)/p-1/b19-13-. The quantitative estimate of drug-likeness (QED) is 0.660. The number of benzene rings is 2. The van der Waals surface area contributed by atoms with Crippen LogP contribution < -0.4 is 10.1 Å². The van der Waals surface area contributed by atoms with Gasteiger partial charge in [-0.15, -0.1) is 0 Å². The SMILES string of the molecule is CC1=NN(c2ccccc2)C(=O)/C1=C\c1ccc(-c2cccc(C(=O)[O-])c2)o1. The van der Waals surface area contributed by atoms with Gasteiger partial charge in [0.15, 0.2) is 0 Å². The van der Waals surface area contributed by atoms with Crippen molar-refractivity contribution in [2.75, 3.05) is 5.01 Å². The maximum absolute atomic E-state index is 12.7. The molecule has 6 nitrogen and oxygen atoms in total. The van der Waals surface area contributed by atoms with E-state index in [2.05, 4.69) is 5.10 Å². The predicted octanol–water partition coefficient (Wildman–Crippen LogP) is 3.12. The second-order valence-corrected chi connectivity index (χ2v) is 6.27. The summed E-state index contributed by atoms with van der Waals surface area (Å²) in [5, 5.41) is 16.7. The van der Waals surface area contributed by atoms with E-state index in [9.17, 15) is 14.7 Å². The fourth-order valence-corrected chi connectivity index (χ4v) is 2.96. The second-order valence-electron chi connectivity index (χ2n) is 6.27. The summed E-state index contributed by atoms with van der Waals surface area (Å²) in [6, 6.07) is 18.9. The number of carbonyl (C=O) groups is 2. The van der Waals surface area contributed by atoms with Crippen molar-refractivity contribution in [3.63, 3.8) is 0 Å². The number of hydrogen-bond acceptors (Lipinski definition) is 5. The highest BCUT2D eigenvalue weighted by Crippen LogP contribution is 2.27. The number of carboxylic acid groups (broad SMARTS) is 1. The number of anilines is 1. The lowest BCUT2D eigenvalue weighted by Gasteiger charge is -2.10. The Hall–Kier alpha value is -3.93. The molecule has 1 aromatic heterocycles. The van der Waals surface area contributed by atoms with Gasteiger partial charge in [-0.1, -0.05) is 36.4 Å². The average molecular weight is 371 g/mol. The lowest BCUT2D eigenvalue weighted by molar-refractivity contribution is -0.255. The Labute approximate surface area is 161 Å². The third-order valence-corrected chi connectivity index (χ3v) is 4.36. The van der Waals surface area contributed by atoms with Gasteiger partial charge >= 0.3 is 0 Å². The zero-order chi connectivity index (χ0) is 19.7. The zero-order valence-corrected chi connectivity index (χ0v) is 15.0. The Morgan fingerprint density at radius 1 is 1.07 bits per heavy atom. The molecule has 0 aliphatic carbocycles. The first-order chi connectivity index (χ1) is 13.5. The third-order valence-electron chi connectivity index (χ3n) is 4.36. The zero-order valence-electron chi connectivity index (χ0n) is 15.0. The third kappa shape index (κ3) is 3.23. The average Bonchev–Trinajstić information content (AvgIpc) is 3.29. The molecule has 0 N–H and O–H groups in total. The van der Waals surface area contributed by atoms with Crippen LogP contribution in [-0.2, 0) is 4.79 Å². The van der Waals surface area contributed by atoms with E-state index in [1.54, 1.807) is 37.3 Å². The van der Waals surface area contributed by atoms with E-state index in [1.807, 2.05) is 30.3 Å². The number of hydrogen-bond donors (Lipinski definition) is 0. The van der Waals surface area contributed by atoms with E-state index < -0.39 is 5.97 Å². The van der Waals surface area contributed by atoms with Crippen LogP contribution in [0.5, 0.6) is 0 Å². The van der Waals surface area contributed by atoms with Crippen molar-refractivity contribution in [1.82, 2.24) is 0 Å². The van der Waals surface area contributed by atoms with Gasteiger partial charge in [-0.25, -0.2) is 0 Å². The summed E-state index contributed by atoms with van der Waals surface area (Å²) in [5.74, 6) is -0.516. The molecular formula is C22H15N2O4-. The van der Waals surface area contributed by atoms with Gasteiger partial charge in [-0.2, -0.15) is 10.1 Å². The lowest BCUT2D eigenvalue weighted by Crippen LogP contribution is -2.22. The number of furan rings is 1. The maximum atomic E-state index is 12.7.